The largest absolute Gasteiger partial charge is 0.274 e. The smallest absolute Gasteiger partial charge is 0.0184 e. The van der Waals surface area contributed by atoms with Crippen molar-refractivity contribution in [3.05, 3.63) is 60.7 Å². The van der Waals surface area contributed by atoms with E-state index in [1.54, 1.807) is 0 Å². The summed E-state index contributed by atoms with van der Waals surface area (Å²) in [5, 5.41) is 0. The first-order chi connectivity index (χ1) is 6.97. The average Bonchev–Trinajstić information content (AvgIpc) is 2.34. The van der Waals surface area contributed by atoms with Crippen molar-refractivity contribution in [2.45, 2.75) is 0 Å². The summed E-state index contributed by atoms with van der Waals surface area (Å²) in [7, 11) is 0. The first-order valence-electron chi connectivity index (χ1n) is 4.40. The van der Waals surface area contributed by atoms with Gasteiger partial charge in [0.05, 0.1) is 0 Å². The minimum Gasteiger partial charge on any atom is -0.274 e. The molecule has 80 valence electrons. The summed E-state index contributed by atoms with van der Waals surface area (Å²) in [5.74, 6) is 8.00. The lowest BCUT2D eigenvalue weighted by molar-refractivity contribution is 1.26. The van der Waals surface area contributed by atoms with E-state index in [9.17, 15) is 0 Å². The molecule has 0 heterocycles. The SMILES string of the molecule is Cl.NN.c1ccc(-c2ccccc2)cc1. The lowest BCUT2D eigenvalue weighted by Gasteiger charge is -1.98. The van der Waals surface area contributed by atoms with Crippen molar-refractivity contribution in [2.24, 2.45) is 11.7 Å². The summed E-state index contributed by atoms with van der Waals surface area (Å²) in [4.78, 5) is 0. The van der Waals surface area contributed by atoms with Gasteiger partial charge in [0.25, 0.3) is 0 Å². The van der Waals surface area contributed by atoms with Crippen molar-refractivity contribution < 1.29 is 0 Å². The van der Waals surface area contributed by atoms with Crippen LogP contribution in [0.1, 0.15) is 0 Å². The third-order valence-electron chi connectivity index (χ3n) is 1.88. The van der Waals surface area contributed by atoms with Crippen molar-refractivity contribution in [2.75, 3.05) is 0 Å². The maximum absolute atomic E-state index is 4.00. The zero-order chi connectivity index (χ0) is 10.2. The summed E-state index contributed by atoms with van der Waals surface area (Å²) in [6, 6.07) is 20.8. The van der Waals surface area contributed by atoms with Crippen LogP contribution in [0.3, 0.4) is 0 Å². The zero-order valence-electron chi connectivity index (χ0n) is 8.34. The van der Waals surface area contributed by atoms with E-state index in [2.05, 4.69) is 60.2 Å². The van der Waals surface area contributed by atoms with Gasteiger partial charge in [-0.15, -0.1) is 12.4 Å². The third-order valence-corrected chi connectivity index (χ3v) is 1.88. The van der Waals surface area contributed by atoms with Crippen molar-refractivity contribution >= 4 is 12.4 Å². The number of halogens is 1. The molecule has 2 aromatic carbocycles. The highest BCUT2D eigenvalue weighted by atomic mass is 35.5. The lowest BCUT2D eigenvalue weighted by atomic mass is 10.1. The lowest BCUT2D eigenvalue weighted by Crippen LogP contribution is -2.02. The summed E-state index contributed by atoms with van der Waals surface area (Å²) in [6.45, 7) is 0. The van der Waals surface area contributed by atoms with Crippen LogP contribution in [0.4, 0.5) is 0 Å². The van der Waals surface area contributed by atoms with Crippen LogP contribution in [0.15, 0.2) is 60.7 Å². The molecule has 3 heteroatoms. The second-order valence-corrected chi connectivity index (χ2v) is 2.73. The number of benzene rings is 2. The molecule has 0 amide bonds. The fourth-order valence-corrected chi connectivity index (χ4v) is 1.26. The van der Waals surface area contributed by atoms with Gasteiger partial charge < -0.3 is 0 Å². The predicted molar refractivity (Wildman–Crippen MR) is 67.5 cm³/mol. The molecule has 0 bridgehead atoms. The third kappa shape index (κ3) is 4.13. The highest BCUT2D eigenvalue weighted by Crippen LogP contribution is 2.17. The topological polar surface area (TPSA) is 52.0 Å². The predicted octanol–water partition coefficient (Wildman–Crippen LogP) is 2.59. The summed E-state index contributed by atoms with van der Waals surface area (Å²) < 4.78 is 0. The minimum absolute atomic E-state index is 0. The minimum atomic E-state index is 0. The van der Waals surface area contributed by atoms with Gasteiger partial charge in [-0.25, -0.2) is 0 Å². The molecule has 0 aliphatic carbocycles. The molecule has 2 aromatic rings. The number of hydrogen-bond donors (Lipinski definition) is 2. The van der Waals surface area contributed by atoms with Gasteiger partial charge in [-0.1, -0.05) is 60.7 Å². The molecule has 0 aliphatic rings. The number of rotatable bonds is 1. The van der Waals surface area contributed by atoms with Gasteiger partial charge in [-0.05, 0) is 11.1 Å². The molecule has 0 radical (unpaired) electrons. The number of nitrogens with two attached hydrogens (primary N) is 2. The Morgan fingerprint density at radius 3 is 1.07 bits per heavy atom. The van der Waals surface area contributed by atoms with Gasteiger partial charge in [0.15, 0.2) is 0 Å². The molecule has 0 spiro atoms. The monoisotopic (exact) mass is 222 g/mol. The Bertz CT molecular complexity index is 311. The summed E-state index contributed by atoms with van der Waals surface area (Å²) >= 11 is 0. The normalized spacial score (nSPS) is 8.13. The van der Waals surface area contributed by atoms with E-state index in [1.165, 1.54) is 11.1 Å². The van der Waals surface area contributed by atoms with E-state index in [0.717, 1.165) is 0 Å². The molecular weight excluding hydrogens is 208 g/mol. The first kappa shape index (κ1) is 13.7. The van der Waals surface area contributed by atoms with Gasteiger partial charge in [0.2, 0.25) is 0 Å². The maximum Gasteiger partial charge on any atom is -0.0184 e. The quantitative estimate of drug-likeness (QED) is 0.576. The van der Waals surface area contributed by atoms with E-state index in [0.29, 0.717) is 0 Å². The number of hydrazine groups is 1. The molecule has 0 aliphatic heterocycles. The van der Waals surface area contributed by atoms with Crippen molar-refractivity contribution in [3.63, 3.8) is 0 Å². The number of hydrogen-bond acceptors (Lipinski definition) is 2. The molecule has 0 atom stereocenters. The Labute approximate surface area is 96.3 Å². The molecule has 15 heavy (non-hydrogen) atoms. The van der Waals surface area contributed by atoms with Crippen LogP contribution in [-0.4, -0.2) is 0 Å². The Balaban J connectivity index is 0.000000617. The van der Waals surface area contributed by atoms with Gasteiger partial charge in [-0.3, -0.25) is 11.7 Å². The van der Waals surface area contributed by atoms with E-state index in [-0.39, 0.29) is 12.4 Å². The fraction of sp³-hybridized carbons (Fsp3) is 0. The van der Waals surface area contributed by atoms with Crippen molar-refractivity contribution in [1.82, 2.24) is 0 Å². The molecule has 2 rings (SSSR count). The van der Waals surface area contributed by atoms with Crippen LogP contribution in [0.5, 0.6) is 0 Å². The van der Waals surface area contributed by atoms with Crippen LogP contribution < -0.4 is 11.7 Å². The van der Waals surface area contributed by atoms with E-state index in [4.69, 9.17) is 0 Å². The van der Waals surface area contributed by atoms with Gasteiger partial charge in [-0.2, -0.15) is 0 Å². The maximum atomic E-state index is 4.00. The van der Waals surface area contributed by atoms with E-state index < -0.39 is 0 Å². The van der Waals surface area contributed by atoms with Crippen LogP contribution in [0, 0.1) is 0 Å². The van der Waals surface area contributed by atoms with Crippen LogP contribution >= 0.6 is 12.4 Å². The second kappa shape index (κ2) is 8.00. The van der Waals surface area contributed by atoms with Crippen molar-refractivity contribution in [1.29, 1.82) is 0 Å². The molecule has 0 unspecified atom stereocenters. The van der Waals surface area contributed by atoms with E-state index >= 15 is 0 Å². The molecule has 4 N–H and O–H groups in total. The first-order valence-corrected chi connectivity index (χ1v) is 4.40. The molecule has 2 nitrogen and oxygen atoms in total. The second-order valence-electron chi connectivity index (χ2n) is 2.73. The Hall–Kier alpha value is -1.35. The fourth-order valence-electron chi connectivity index (χ4n) is 1.26. The Morgan fingerprint density at radius 2 is 0.800 bits per heavy atom. The summed E-state index contributed by atoms with van der Waals surface area (Å²) in [5.41, 5.74) is 2.55. The van der Waals surface area contributed by atoms with Crippen LogP contribution in [0.25, 0.3) is 11.1 Å². The molecule has 0 aromatic heterocycles. The summed E-state index contributed by atoms with van der Waals surface area (Å²) in [6.07, 6.45) is 0. The molecule has 0 saturated heterocycles. The van der Waals surface area contributed by atoms with Gasteiger partial charge in [0.1, 0.15) is 0 Å². The van der Waals surface area contributed by atoms with E-state index in [1.807, 2.05) is 12.1 Å². The van der Waals surface area contributed by atoms with Crippen LogP contribution in [-0.2, 0) is 0 Å². The van der Waals surface area contributed by atoms with Crippen molar-refractivity contribution in [3.8, 4) is 11.1 Å². The Morgan fingerprint density at radius 1 is 0.533 bits per heavy atom. The highest BCUT2D eigenvalue weighted by Gasteiger charge is 1.91. The molecule has 0 saturated carbocycles. The standard InChI is InChI=1S/C12H10.ClH.H4N2/c1-3-7-11(8-4-1)12-9-5-2-6-10-12;;1-2/h1-10H;1H;1-2H2. The Kier molecular flexibility index (Phi) is 7.28. The van der Waals surface area contributed by atoms with Gasteiger partial charge >= 0.3 is 0 Å². The molecule has 0 fully saturated rings. The average molecular weight is 223 g/mol. The zero-order valence-corrected chi connectivity index (χ0v) is 9.15. The highest BCUT2D eigenvalue weighted by molar-refractivity contribution is 5.85. The van der Waals surface area contributed by atoms with Gasteiger partial charge in [0, 0.05) is 0 Å². The van der Waals surface area contributed by atoms with Crippen LogP contribution in [0.2, 0.25) is 0 Å². The molecular formula is C12H15ClN2.